The summed E-state index contributed by atoms with van der Waals surface area (Å²) in [5, 5.41) is 4.31. The summed E-state index contributed by atoms with van der Waals surface area (Å²) in [4.78, 5) is 0. The second-order valence-corrected chi connectivity index (χ2v) is 7.66. The Balaban J connectivity index is 2.68. The van der Waals surface area contributed by atoms with E-state index < -0.39 is 0 Å². The van der Waals surface area contributed by atoms with Crippen molar-refractivity contribution in [3.8, 4) is 5.75 Å². The molecule has 1 rings (SSSR count). The van der Waals surface area contributed by atoms with E-state index in [1.807, 2.05) is 18.2 Å². The number of halogens is 1. The summed E-state index contributed by atoms with van der Waals surface area (Å²) >= 11 is 6.10. The van der Waals surface area contributed by atoms with Crippen LogP contribution >= 0.6 is 11.6 Å². The van der Waals surface area contributed by atoms with Crippen molar-refractivity contribution in [3.63, 3.8) is 0 Å². The van der Waals surface area contributed by atoms with Crippen molar-refractivity contribution in [2.75, 3.05) is 13.7 Å². The Morgan fingerprint density at radius 2 is 1.80 bits per heavy atom. The number of methoxy groups -OCH3 is 1. The van der Waals surface area contributed by atoms with Gasteiger partial charge in [0.05, 0.1) is 7.11 Å². The first-order valence-corrected chi connectivity index (χ1v) is 7.58. The summed E-state index contributed by atoms with van der Waals surface area (Å²) in [5.74, 6) is 0.922. The van der Waals surface area contributed by atoms with Crippen LogP contribution in [0.15, 0.2) is 18.2 Å². The minimum Gasteiger partial charge on any atom is -0.496 e. The summed E-state index contributed by atoms with van der Waals surface area (Å²) in [6, 6.07) is 5.83. The molecule has 0 unspecified atom stereocenters. The van der Waals surface area contributed by atoms with Crippen molar-refractivity contribution >= 4 is 11.6 Å². The van der Waals surface area contributed by atoms with Crippen LogP contribution in [0.3, 0.4) is 0 Å². The number of hydrogen-bond donors (Lipinski definition) is 1. The number of nitrogens with one attached hydrogen (secondary N) is 1. The summed E-state index contributed by atoms with van der Waals surface area (Å²) in [6.45, 7) is 12.2. The molecule has 0 amide bonds. The van der Waals surface area contributed by atoms with Gasteiger partial charge in [-0.2, -0.15) is 0 Å². The van der Waals surface area contributed by atoms with Crippen LogP contribution in [0, 0.1) is 5.41 Å². The summed E-state index contributed by atoms with van der Waals surface area (Å²) in [5.41, 5.74) is 1.56. The van der Waals surface area contributed by atoms with Crippen LogP contribution in [0.5, 0.6) is 5.75 Å². The SMILES string of the molecule is COc1ccc(Cl)cc1CC(C)(C)CCNC(C)(C)C. The van der Waals surface area contributed by atoms with Gasteiger partial charge in [-0.1, -0.05) is 25.4 Å². The molecule has 0 bridgehead atoms. The predicted molar refractivity (Wildman–Crippen MR) is 87.9 cm³/mol. The van der Waals surface area contributed by atoms with Gasteiger partial charge in [-0.25, -0.2) is 0 Å². The fourth-order valence-electron chi connectivity index (χ4n) is 2.27. The maximum absolute atomic E-state index is 6.10. The Morgan fingerprint density at radius 3 is 2.35 bits per heavy atom. The van der Waals surface area contributed by atoms with E-state index in [0.29, 0.717) is 0 Å². The van der Waals surface area contributed by atoms with Gasteiger partial charge in [0.1, 0.15) is 5.75 Å². The van der Waals surface area contributed by atoms with Crippen LogP contribution in [-0.2, 0) is 6.42 Å². The molecule has 0 aliphatic heterocycles. The molecule has 0 atom stereocenters. The molecule has 0 saturated heterocycles. The van der Waals surface area contributed by atoms with E-state index in [9.17, 15) is 0 Å². The second-order valence-electron chi connectivity index (χ2n) is 7.22. The Morgan fingerprint density at radius 1 is 1.15 bits per heavy atom. The smallest absolute Gasteiger partial charge is 0.122 e. The van der Waals surface area contributed by atoms with Gasteiger partial charge in [-0.15, -0.1) is 0 Å². The highest BCUT2D eigenvalue weighted by Crippen LogP contribution is 2.32. The summed E-state index contributed by atoms with van der Waals surface area (Å²) in [7, 11) is 1.71. The maximum Gasteiger partial charge on any atom is 0.122 e. The first kappa shape index (κ1) is 17.3. The fourth-order valence-corrected chi connectivity index (χ4v) is 2.46. The van der Waals surface area contributed by atoms with E-state index in [4.69, 9.17) is 16.3 Å². The van der Waals surface area contributed by atoms with E-state index >= 15 is 0 Å². The lowest BCUT2D eigenvalue weighted by atomic mass is 9.82. The molecule has 0 heterocycles. The molecular weight excluding hydrogens is 270 g/mol. The third kappa shape index (κ3) is 6.15. The van der Waals surface area contributed by atoms with Gasteiger partial charge in [0.25, 0.3) is 0 Å². The highest BCUT2D eigenvalue weighted by atomic mass is 35.5. The van der Waals surface area contributed by atoms with Gasteiger partial charge in [0.2, 0.25) is 0 Å². The van der Waals surface area contributed by atoms with E-state index in [2.05, 4.69) is 39.9 Å². The van der Waals surface area contributed by atoms with Crippen LogP contribution in [0.2, 0.25) is 5.02 Å². The van der Waals surface area contributed by atoms with Gasteiger partial charge in [0, 0.05) is 10.6 Å². The van der Waals surface area contributed by atoms with Gasteiger partial charge in [-0.3, -0.25) is 0 Å². The molecule has 20 heavy (non-hydrogen) atoms. The van der Waals surface area contributed by atoms with Gasteiger partial charge >= 0.3 is 0 Å². The van der Waals surface area contributed by atoms with Crippen molar-refractivity contribution in [3.05, 3.63) is 28.8 Å². The largest absolute Gasteiger partial charge is 0.496 e. The lowest BCUT2D eigenvalue weighted by molar-refractivity contribution is 0.297. The van der Waals surface area contributed by atoms with Crippen LogP contribution in [0.4, 0.5) is 0 Å². The Labute approximate surface area is 128 Å². The zero-order chi connectivity index (χ0) is 15.4. The molecule has 0 fully saturated rings. The third-order valence-electron chi connectivity index (χ3n) is 3.37. The monoisotopic (exact) mass is 297 g/mol. The van der Waals surface area contributed by atoms with Crippen molar-refractivity contribution in [2.45, 2.75) is 53.0 Å². The fraction of sp³-hybridized carbons (Fsp3) is 0.647. The summed E-state index contributed by atoms with van der Waals surface area (Å²) < 4.78 is 5.43. The van der Waals surface area contributed by atoms with Crippen molar-refractivity contribution in [1.82, 2.24) is 5.32 Å². The zero-order valence-corrected chi connectivity index (χ0v) is 14.4. The average molecular weight is 298 g/mol. The molecule has 0 saturated carbocycles. The lowest BCUT2D eigenvalue weighted by Crippen LogP contribution is -2.38. The van der Waals surface area contributed by atoms with Crippen LogP contribution in [0.25, 0.3) is 0 Å². The molecule has 0 spiro atoms. The van der Waals surface area contributed by atoms with E-state index in [0.717, 1.165) is 30.2 Å². The molecule has 0 aromatic heterocycles. The molecule has 1 aromatic rings. The molecule has 1 aromatic carbocycles. The van der Waals surface area contributed by atoms with Crippen LogP contribution in [-0.4, -0.2) is 19.2 Å². The first-order chi connectivity index (χ1) is 9.13. The Hall–Kier alpha value is -0.730. The Kier molecular flexibility index (Phi) is 5.91. The van der Waals surface area contributed by atoms with E-state index in [1.165, 1.54) is 5.56 Å². The topological polar surface area (TPSA) is 21.3 Å². The van der Waals surface area contributed by atoms with Crippen molar-refractivity contribution in [1.29, 1.82) is 0 Å². The molecule has 0 aliphatic rings. The minimum absolute atomic E-state index is 0.170. The van der Waals surface area contributed by atoms with Gasteiger partial charge in [0.15, 0.2) is 0 Å². The minimum atomic E-state index is 0.170. The highest BCUT2D eigenvalue weighted by molar-refractivity contribution is 6.30. The Bertz CT molecular complexity index is 435. The lowest BCUT2D eigenvalue weighted by Gasteiger charge is -2.28. The molecule has 114 valence electrons. The van der Waals surface area contributed by atoms with Crippen LogP contribution in [0.1, 0.15) is 46.6 Å². The third-order valence-corrected chi connectivity index (χ3v) is 3.60. The van der Waals surface area contributed by atoms with Gasteiger partial charge in [-0.05, 0) is 69.3 Å². The normalized spacial score (nSPS) is 12.6. The number of benzene rings is 1. The highest BCUT2D eigenvalue weighted by Gasteiger charge is 2.21. The number of ether oxygens (including phenoxy) is 1. The molecule has 0 aliphatic carbocycles. The molecule has 3 heteroatoms. The molecular formula is C17H28ClNO. The first-order valence-electron chi connectivity index (χ1n) is 7.20. The molecule has 2 nitrogen and oxygen atoms in total. The van der Waals surface area contributed by atoms with Crippen LogP contribution < -0.4 is 10.1 Å². The average Bonchev–Trinajstić information content (AvgIpc) is 2.26. The number of rotatable bonds is 6. The molecule has 0 radical (unpaired) electrons. The quantitative estimate of drug-likeness (QED) is 0.822. The maximum atomic E-state index is 6.10. The predicted octanol–water partition coefficient (Wildman–Crippen LogP) is 4.70. The van der Waals surface area contributed by atoms with Crippen molar-refractivity contribution < 1.29 is 4.74 Å². The summed E-state index contributed by atoms with van der Waals surface area (Å²) in [6.07, 6.45) is 2.07. The van der Waals surface area contributed by atoms with Crippen molar-refractivity contribution in [2.24, 2.45) is 5.41 Å². The van der Waals surface area contributed by atoms with Gasteiger partial charge < -0.3 is 10.1 Å². The van der Waals surface area contributed by atoms with E-state index in [1.54, 1.807) is 7.11 Å². The standard InChI is InChI=1S/C17H28ClNO/c1-16(2,3)19-10-9-17(4,5)12-13-11-14(18)7-8-15(13)20-6/h7-8,11,19H,9-10,12H2,1-6H3. The number of hydrogen-bond acceptors (Lipinski definition) is 2. The second kappa shape index (κ2) is 6.82. The molecule has 1 N–H and O–H groups in total. The zero-order valence-electron chi connectivity index (χ0n) is 13.6. The van der Waals surface area contributed by atoms with E-state index in [-0.39, 0.29) is 11.0 Å².